The second-order valence-corrected chi connectivity index (χ2v) is 6.92. The van der Waals surface area contributed by atoms with Crippen molar-refractivity contribution < 1.29 is 22.7 Å². The van der Waals surface area contributed by atoms with Crippen molar-refractivity contribution in [3.8, 4) is 16.9 Å². The molecular weight excluding hydrogens is 401 g/mol. The summed E-state index contributed by atoms with van der Waals surface area (Å²) in [5.74, 6) is 0.0208. The first-order chi connectivity index (χ1) is 13.9. The van der Waals surface area contributed by atoms with E-state index in [2.05, 4.69) is 10.3 Å². The Bertz CT molecular complexity index is 965. The third-order valence-corrected chi connectivity index (χ3v) is 4.60. The lowest BCUT2D eigenvalue weighted by molar-refractivity contribution is -0.0329. The number of thioether (sulfide) groups is 1. The monoisotopic (exact) mass is 418 g/mol. The van der Waals surface area contributed by atoms with Gasteiger partial charge in [-0.25, -0.2) is 4.98 Å². The van der Waals surface area contributed by atoms with Crippen LogP contribution in [0.25, 0.3) is 11.1 Å². The van der Waals surface area contributed by atoms with E-state index in [-0.39, 0.29) is 23.7 Å². The van der Waals surface area contributed by atoms with Crippen LogP contribution >= 0.6 is 11.8 Å². The predicted octanol–water partition coefficient (Wildman–Crippen LogP) is 5.17. The fourth-order valence-corrected chi connectivity index (χ4v) is 3.23. The van der Waals surface area contributed by atoms with E-state index >= 15 is 0 Å². The molecule has 2 aromatic carbocycles. The van der Waals surface area contributed by atoms with Gasteiger partial charge in [0.15, 0.2) is 0 Å². The summed E-state index contributed by atoms with van der Waals surface area (Å²) in [7, 11) is 0. The highest BCUT2D eigenvalue weighted by atomic mass is 32.2. The molecule has 0 radical (unpaired) electrons. The van der Waals surface area contributed by atoms with Crippen molar-refractivity contribution in [2.45, 2.75) is 10.5 Å². The molecule has 0 aliphatic carbocycles. The van der Waals surface area contributed by atoms with Crippen LogP contribution in [0.3, 0.4) is 0 Å². The van der Waals surface area contributed by atoms with Crippen LogP contribution in [-0.4, -0.2) is 29.6 Å². The first-order valence-electron chi connectivity index (χ1n) is 8.70. The van der Waals surface area contributed by atoms with Gasteiger partial charge >= 0.3 is 5.51 Å². The fraction of sp³-hybridized carbons (Fsp3) is 0.143. The van der Waals surface area contributed by atoms with Gasteiger partial charge in [-0.2, -0.15) is 13.2 Å². The highest BCUT2D eigenvalue weighted by molar-refractivity contribution is 8.00. The molecule has 150 valence electrons. The number of para-hydroxylation sites is 1. The number of benzene rings is 2. The Labute approximate surface area is 170 Å². The topological polar surface area (TPSA) is 51.2 Å². The highest BCUT2D eigenvalue weighted by Crippen LogP contribution is 2.37. The van der Waals surface area contributed by atoms with Gasteiger partial charge in [0.1, 0.15) is 17.4 Å². The Morgan fingerprint density at radius 1 is 1.00 bits per heavy atom. The average Bonchev–Trinajstić information content (AvgIpc) is 2.71. The Hall–Kier alpha value is -3.00. The lowest BCUT2D eigenvalue weighted by Crippen LogP contribution is -2.29. The number of halogens is 3. The second-order valence-electron chi connectivity index (χ2n) is 5.87. The minimum Gasteiger partial charge on any atom is -0.491 e. The largest absolute Gasteiger partial charge is 0.491 e. The van der Waals surface area contributed by atoms with E-state index in [4.69, 9.17) is 4.74 Å². The number of rotatable bonds is 7. The molecule has 1 heterocycles. The Balaban J connectivity index is 1.59. The smallest absolute Gasteiger partial charge is 0.447 e. The zero-order valence-corrected chi connectivity index (χ0v) is 16.0. The normalized spacial score (nSPS) is 11.1. The number of hydrogen-bond donors (Lipinski definition) is 1. The van der Waals surface area contributed by atoms with Gasteiger partial charge in [0, 0.05) is 23.5 Å². The number of hydrogen-bond acceptors (Lipinski definition) is 4. The average molecular weight is 418 g/mol. The van der Waals surface area contributed by atoms with Crippen LogP contribution in [0.2, 0.25) is 0 Å². The number of nitrogens with one attached hydrogen (secondary N) is 1. The van der Waals surface area contributed by atoms with Gasteiger partial charge in [-0.05, 0) is 23.8 Å². The van der Waals surface area contributed by atoms with Crippen LogP contribution in [0.4, 0.5) is 13.2 Å². The summed E-state index contributed by atoms with van der Waals surface area (Å²) in [6.45, 7) is 0.296. The van der Waals surface area contributed by atoms with Gasteiger partial charge < -0.3 is 10.1 Å². The number of aromatic nitrogens is 1. The second kappa shape index (κ2) is 9.47. The van der Waals surface area contributed by atoms with Gasteiger partial charge in [0.2, 0.25) is 0 Å². The molecule has 3 aromatic rings. The molecule has 0 aliphatic heterocycles. The Morgan fingerprint density at radius 2 is 1.72 bits per heavy atom. The Kier molecular flexibility index (Phi) is 6.77. The summed E-state index contributed by atoms with van der Waals surface area (Å²) < 4.78 is 43.7. The predicted molar refractivity (Wildman–Crippen MR) is 106 cm³/mol. The SMILES string of the molecule is O=C(NCCOc1ccccc1-c1ccccc1)c1cccnc1SC(F)(F)F. The van der Waals surface area contributed by atoms with Gasteiger partial charge in [-0.15, -0.1) is 0 Å². The third kappa shape index (κ3) is 5.99. The van der Waals surface area contributed by atoms with E-state index in [0.29, 0.717) is 5.75 Å². The fourth-order valence-electron chi connectivity index (χ4n) is 2.62. The number of nitrogens with zero attached hydrogens (tertiary/aromatic N) is 1. The molecule has 0 spiro atoms. The molecule has 0 bridgehead atoms. The molecule has 0 fully saturated rings. The molecule has 8 heteroatoms. The molecule has 0 saturated heterocycles. The maximum absolute atomic E-state index is 12.6. The van der Waals surface area contributed by atoms with Crippen LogP contribution in [0.15, 0.2) is 78.0 Å². The van der Waals surface area contributed by atoms with Crippen LogP contribution in [-0.2, 0) is 0 Å². The molecule has 0 atom stereocenters. The van der Waals surface area contributed by atoms with E-state index < -0.39 is 23.2 Å². The summed E-state index contributed by atoms with van der Waals surface area (Å²) in [6.07, 6.45) is 1.22. The Morgan fingerprint density at radius 3 is 2.48 bits per heavy atom. The molecular formula is C21H17F3N2O2S. The molecule has 4 nitrogen and oxygen atoms in total. The van der Waals surface area contributed by atoms with Crippen molar-refractivity contribution in [1.29, 1.82) is 0 Å². The van der Waals surface area contributed by atoms with Crippen molar-refractivity contribution in [2.24, 2.45) is 0 Å². The van der Waals surface area contributed by atoms with Gasteiger partial charge in [0.05, 0.1) is 12.1 Å². The van der Waals surface area contributed by atoms with E-state index in [9.17, 15) is 18.0 Å². The molecule has 1 amide bonds. The number of carbonyl (C=O) groups excluding carboxylic acids is 1. The lowest BCUT2D eigenvalue weighted by atomic mass is 10.1. The first-order valence-corrected chi connectivity index (χ1v) is 9.52. The van der Waals surface area contributed by atoms with E-state index in [1.165, 1.54) is 18.3 Å². The molecule has 1 N–H and O–H groups in total. The molecule has 0 aliphatic rings. The summed E-state index contributed by atoms with van der Waals surface area (Å²) in [5, 5.41) is 2.19. The van der Waals surface area contributed by atoms with Crippen molar-refractivity contribution in [3.63, 3.8) is 0 Å². The molecule has 1 aromatic heterocycles. The van der Waals surface area contributed by atoms with Gasteiger partial charge in [0.25, 0.3) is 5.91 Å². The lowest BCUT2D eigenvalue weighted by Gasteiger charge is -2.13. The summed E-state index contributed by atoms with van der Waals surface area (Å²) in [6, 6.07) is 19.9. The van der Waals surface area contributed by atoms with Crippen LogP contribution in [0, 0.1) is 0 Å². The van der Waals surface area contributed by atoms with Crippen LogP contribution < -0.4 is 10.1 Å². The van der Waals surface area contributed by atoms with E-state index in [1.807, 2.05) is 54.6 Å². The van der Waals surface area contributed by atoms with Gasteiger partial charge in [-0.1, -0.05) is 48.5 Å². The molecule has 29 heavy (non-hydrogen) atoms. The van der Waals surface area contributed by atoms with Crippen molar-refractivity contribution in [2.75, 3.05) is 13.2 Å². The maximum Gasteiger partial charge on any atom is 0.447 e. The van der Waals surface area contributed by atoms with Gasteiger partial charge in [-0.3, -0.25) is 4.79 Å². The summed E-state index contributed by atoms with van der Waals surface area (Å²) in [4.78, 5) is 15.9. The minimum absolute atomic E-state index is 0.125. The summed E-state index contributed by atoms with van der Waals surface area (Å²) >= 11 is -0.412. The molecule has 0 unspecified atom stereocenters. The van der Waals surface area contributed by atoms with E-state index in [0.717, 1.165) is 11.1 Å². The maximum atomic E-state index is 12.6. The number of carbonyl (C=O) groups is 1. The number of pyridine rings is 1. The molecule has 0 saturated carbocycles. The number of amides is 1. The van der Waals surface area contributed by atoms with Crippen LogP contribution in [0.1, 0.15) is 10.4 Å². The minimum atomic E-state index is -4.52. The van der Waals surface area contributed by atoms with Crippen molar-refractivity contribution >= 4 is 17.7 Å². The number of alkyl halides is 3. The zero-order valence-electron chi connectivity index (χ0n) is 15.1. The quantitative estimate of drug-likeness (QED) is 0.425. The highest BCUT2D eigenvalue weighted by Gasteiger charge is 2.32. The first kappa shape index (κ1) is 20.7. The summed E-state index contributed by atoms with van der Waals surface area (Å²) in [5.41, 5.74) is -2.74. The van der Waals surface area contributed by atoms with Crippen LogP contribution in [0.5, 0.6) is 5.75 Å². The van der Waals surface area contributed by atoms with E-state index in [1.54, 1.807) is 0 Å². The van der Waals surface area contributed by atoms with Crippen molar-refractivity contribution in [3.05, 3.63) is 78.5 Å². The molecule has 3 rings (SSSR count). The zero-order chi connectivity index (χ0) is 20.7. The third-order valence-electron chi connectivity index (χ3n) is 3.85. The number of ether oxygens (including phenoxy) is 1. The van der Waals surface area contributed by atoms with Crippen molar-refractivity contribution in [1.82, 2.24) is 10.3 Å². The standard InChI is InChI=1S/C21H17F3N2O2S/c22-21(23,24)29-20-17(10-6-12-26-20)19(27)25-13-14-28-18-11-5-4-9-16(18)15-7-2-1-3-8-15/h1-12H,13-14H2,(H,25,27).